The van der Waals surface area contributed by atoms with Crippen LogP contribution in [0.5, 0.6) is 5.75 Å². The summed E-state index contributed by atoms with van der Waals surface area (Å²) in [5.41, 5.74) is 1.29. The average molecular weight is 451 g/mol. The standard InChI is InChI=1S/C18H24BrN3O.2ClH/c19-15-7-6-14(12-20)18(23)16(15)17(13-4-2-1-3-5-13)22-10-8-21-9-11-22;;/h6-7,13,17,21,23H,1-5,8-11H2;2*1H/t17-;;/m1../s1. The highest BCUT2D eigenvalue weighted by molar-refractivity contribution is 9.10. The third-order valence-electron chi connectivity index (χ3n) is 5.22. The lowest BCUT2D eigenvalue weighted by molar-refractivity contribution is 0.101. The summed E-state index contributed by atoms with van der Waals surface area (Å²) in [5, 5.41) is 23.4. The molecule has 1 atom stereocenters. The maximum absolute atomic E-state index is 10.7. The monoisotopic (exact) mass is 449 g/mol. The topological polar surface area (TPSA) is 59.3 Å². The van der Waals surface area contributed by atoms with Gasteiger partial charge >= 0.3 is 0 Å². The van der Waals surface area contributed by atoms with E-state index in [1.807, 2.05) is 6.07 Å². The first-order valence-corrected chi connectivity index (χ1v) is 9.38. The minimum absolute atomic E-state index is 0. The van der Waals surface area contributed by atoms with Crippen molar-refractivity contribution in [3.63, 3.8) is 0 Å². The molecular weight excluding hydrogens is 425 g/mol. The Morgan fingerprint density at radius 3 is 2.40 bits per heavy atom. The van der Waals surface area contributed by atoms with Crippen LogP contribution in [0, 0.1) is 17.2 Å². The number of aromatic hydroxyl groups is 1. The lowest BCUT2D eigenvalue weighted by Crippen LogP contribution is -2.47. The normalized spacial score (nSPS) is 20.0. The van der Waals surface area contributed by atoms with Gasteiger partial charge in [0.1, 0.15) is 11.8 Å². The molecule has 1 saturated heterocycles. The van der Waals surface area contributed by atoms with Crippen LogP contribution >= 0.6 is 40.7 Å². The van der Waals surface area contributed by atoms with E-state index in [1.165, 1.54) is 32.1 Å². The Balaban J connectivity index is 0.00000156. The molecule has 1 aliphatic heterocycles. The second kappa shape index (κ2) is 10.6. The molecular formula is C18H26BrCl2N3O. The predicted octanol–water partition coefficient (Wildman–Crippen LogP) is 4.40. The van der Waals surface area contributed by atoms with E-state index in [1.54, 1.807) is 6.07 Å². The zero-order valence-corrected chi connectivity index (χ0v) is 17.4. The van der Waals surface area contributed by atoms with E-state index in [0.29, 0.717) is 11.5 Å². The van der Waals surface area contributed by atoms with Gasteiger partial charge in [-0.3, -0.25) is 4.90 Å². The molecule has 1 saturated carbocycles. The summed E-state index contributed by atoms with van der Waals surface area (Å²) in [4.78, 5) is 2.49. The van der Waals surface area contributed by atoms with Crippen molar-refractivity contribution >= 4 is 40.7 Å². The molecule has 2 fully saturated rings. The number of phenolic OH excluding ortho intramolecular Hbond substituents is 1. The molecule has 7 heteroatoms. The fraction of sp³-hybridized carbons (Fsp3) is 0.611. The van der Waals surface area contributed by atoms with E-state index in [9.17, 15) is 10.4 Å². The van der Waals surface area contributed by atoms with Crippen LogP contribution in [0.4, 0.5) is 0 Å². The van der Waals surface area contributed by atoms with Gasteiger partial charge in [0.15, 0.2) is 0 Å². The molecule has 1 heterocycles. The molecule has 2 aliphatic rings. The Morgan fingerprint density at radius 1 is 1.16 bits per heavy atom. The van der Waals surface area contributed by atoms with Crippen molar-refractivity contribution in [3.8, 4) is 11.8 Å². The van der Waals surface area contributed by atoms with Crippen molar-refractivity contribution in [2.75, 3.05) is 26.2 Å². The van der Waals surface area contributed by atoms with Gasteiger partial charge in [-0.15, -0.1) is 24.8 Å². The molecule has 25 heavy (non-hydrogen) atoms. The predicted molar refractivity (Wildman–Crippen MR) is 109 cm³/mol. The minimum Gasteiger partial charge on any atom is -0.506 e. The largest absolute Gasteiger partial charge is 0.506 e. The van der Waals surface area contributed by atoms with Gasteiger partial charge < -0.3 is 10.4 Å². The highest BCUT2D eigenvalue weighted by Crippen LogP contribution is 2.45. The van der Waals surface area contributed by atoms with Gasteiger partial charge in [-0.05, 0) is 30.9 Å². The second-order valence-corrected chi connectivity index (χ2v) is 7.45. The Hall–Kier alpha value is -0.510. The zero-order chi connectivity index (χ0) is 16.2. The number of hydrogen-bond acceptors (Lipinski definition) is 4. The summed E-state index contributed by atoms with van der Waals surface area (Å²) in [6.07, 6.45) is 6.26. The SMILES string of the molecule is Cl.Cl.N#Cc1ccc(Br)c([C@@H](C2CCCCC2)N2CCNCC2)c1O. The molecule has 0 radical (unpaired) electrons. The van der Waals surface area contributed by atoms with Gasteiger partial charge in [0.25, 0.3) is 0 Å². The summed E-state index contributed by atoms with van der Waals surface area (Å²) in [5.74, 6) is 0.717. The molecule has 1 aliphatic carbocycles. The van der Waals surface area contributed by atoms with E-state index in [-0.39, 0.29) is 36.6 Å². The van der Waals surface area contributed by atoms with E-state index in [0.717, 1.165) is 36.2 Å². The lowest BCUT2D eigenvalue weighted by Gasteiger charge is -2.41. The van der Waals surface area contributed by atoms with Crippen LogP contribution in [0.2, 0.25) is 0 Å². The van der Waals surface area contributed by atoms with E-state index >= 15 is 0 Å². The summed E-state index contributed by atoms with van der Waals surface area (Å²) in [6.45, 7) is 3.95. The minimum atomic E-state index is 0. The summed E-state index contributed by atoms with van der Waals surface area (Å²) < 4.78 is 0.920. The van der Waals surface area contributed by atoms with Crippen molar-refractivity contribution in [2.45, 2.75) is 38.1 Å². The van der Waals surface area contributed by atoms with Crippen LogP contribution in [0.1, 0.15) is 49.3 Å². The van der Waals surface area contributed by atoms with Crippen LogP contribution in [-0.2, 0) is 0 Å². The highest BCUT2D eigenvalue weighted by atomic mass is 79.9. The van der Waals surface area contributed by atoms with Crippen molar-refractivity contribution in [3.05, 3.63) is 27.7 Å². The first kappa shape index (κ1) is 22.5. The van der Waals surface area contributed by atoms with E-state index in [4.69, 9.17) is 0 Å². The van der Waals surface area contributed by atoms with Crippen LogP contribution in [-0.4, -0.2) is 36.2 Å². The molecule has 2 N–H and O–H groups in total. The molecule has 0 bridgehead atoms. The third-order valence-corrected chi connectivity index (χ3v) is 5.91. The van der Waals surface area contributed by atoms with Crippen LogP contribution in [0.25, 0.3) is 0 Å². The molecule has 140 valence electrons. The van der Waals surface area contributed by atoms with Crippen molar-refractivity contribution in [2.24, 2.45) is 5.92 Å². The second-order valence-electron chi connectivity index (χ2n) is 6.60. The Labute approximate surface area is 170 Å². The summed E-state index contributed by atoms with van der Waals surface area (Å²) in [6, 6.07) is 5.92. The number of phenols is 1. The highest BCUT2D eigenvalue weighted by Gasteiger charge is 2.34. The molecule has 3 rings (SSSR count). The van der Waals surface area contributed by atoms with Gasteiger partial charge in [0, 0.05) is 42.3 Å². The summed E-state index contributed by atoms with van der Waals surface area (Å²) >= 11 is 3.63. The fourth-order valence-corrected chi connectivity index (χ4v) is 4.64. The Morgan fingerprint density at radius 2 is 1.80 bits per heavy atom. The Bertz CT molecular complexity index is 579. The molecule has 0 spiro atoms. The average Bonchev–Trinajstić information content (AvgIpc) is 2.60. The maximum atomic E-state index is 10.7. The smallest absolute Gasteiger partial charge is 0.139 e. The zero-order valence-electron chi connectivity index (χ0n) is 14.2. The number of hydrogen-bond donors (Lipinski definition) is 2. The molecule has 1 aromatic carbocycles. The van der Waals surface area contributed by atoms with Gasteiger partial charge in [0.05, 0.1) is 5.56 Å². The number of rotatable bonds is 3. The van der Waals surface area contributed by atoms with Crippen LogP contribution < -0.4 is 5.32 Å². The summed E-state index contributed by atoms with van der Waals surface area (Å²) in [7, 11) is 0. The first-order valence-electron chi connectivity index (χ1n) is 8.58. The number of piperazine rings is 1. The quantitative estimate of drug-likeness (QED) is 0.716. The molecule has 0 amide bonds. The molecule has 1 aromatic rings. The van der Waals surface area contributed by atoms with E-state index in [2.05, 4.69) is 32.2 Å². The third kappa shape index (κ3) is 5.02. The lowest BCUT2D eigenvalue weighted by atomic mass is 9.79. The van der Waals surface area contributed by atoms with Gasteiger partial charge in [-0.1, -0.05) is 35.2 Å². The van der Waals surface area contributed by atoms with Crippen LogP contribution in [0.3, 0.4) is 0 Å². The van der Waals surface area contributed by atoms with Crippen molar-refractivity contribution < 1.29 is 5.11 Å². The van der Waals surface area contributed by atoms with Gasteiger partial charge in [0.2, 0.25) is 0 Å². The van der Waals surface area contributed by atoms with Crippen molar-refractivity contribution in [1.29, 1.82) is 5.26 Å². The number of nitrogens with one attached hydrogen (secondary N) is 1. The number of benzene rings is 1. The number of nitrogens with zero attached hydrogens (tertiary/aromatic N) is 2. The van der Waals surface area contributed by atoms with Gasteiger partial charge in [-0.25, -0.2) is 0 Å². The first-order chi connectivity index (χ1) is 11.2. The van der Waals surface area contributed by atoms with Crippen molar-refractivity contribution in [1.82, 2.24) is 10.2 Å². The molecule has 4 nitrogen and oxygen atoms in total. The maximum Gasteiger partial charge on any atom is 0.139 e. The van der Waals surface area contributed by atoms with Gasteiger partial charge in [-0.2, -0.15) is 5.26 Å². The molecule has 0 unspecified atom stereocenters. The number of halogens is 3. The molecule has 0 aromatic heterocycles. The van der Waals surface area contributed by atoms with E-state index < -0.39 is 0 Å². The van der Waals surface area contributed by atoms with Crippen LogP contribution in [0.15, 0.2) is 16.6 Å². The fourth-order valence-electron chi connectivity index (χ4n) is 4.08. The Kier molecular flexibility index (Phi) is 9.55. The number of nitriles is 1.